The number of para-hydroxylation sites is 1. The molecule has 2 nitrogen and oxygen atoms in total. The van der Waals surface area contributed by atoms with Gasteiger partial charge in [-0.2, -0.15) is 0 Å². The van der Waals surface area contributed by atoms with Crippen LogP contribution in [-0.2, 0) is 0 Å². The number of hydrogen-bond acceptors (Lipinski definition) is 2. The van der Waals surface area contributed by atoms with Gasteiger partial charge in [0.2, 0.25) is 0 Å². The number of hydrogen-bond donors (Lipinski definition) is 1. The first-order valence-corrected chi connectivity index (χ1v) is 6.43. The fourth-order valence-electron chi connectivity index (χ4n) is 2.56. The smallest absolute Gasteiger partial charge is 0.134 e. The predicted molar refractivity (Wildman–Crippen MR) is 76.5 cm³/mol. The van der Waals surface area contributed by atoms with Crippen molar-refractivity contribution in [2.75, 3.05) is 0 Å². The van der Waals surface area contributed by atoms with Crippen molar-refractivity contribution in [2.24, 2.45) is 0 Å². The van der Waals surface area contributed by atoms with E-state index in [1.54, 1.807) is 0 Å². The average molecular weight is 252 g/mol. The maximum atomic E-state index is 10.6. The Hall–Kier alpha value is -2.06. The molecule has 0 saturated carbocycles. The first-order valence-electron chi connectivity index (χ1n) is 6.43. The molecule has 2 heteroatoms. The molecule has 1 heterocycles. The van der Waals surface area contributed by atoms with Gasteiger partial charge in [0.25, 0.3) is 0 Å². The van der Waals surface area contributed by atoms with E-state index in [4.69, 9.17) is 4.74 Å². The lowest BCUT2D eigenvalue weighted by atomic mass is 9.90. The Balaban J connectivity index is 2.24. The molecular formula is C17H16O2. The SMILES string of the molecule is C/C=C\c1c(C)ccc2c1C(O)c1ccccc1O2. The summed E-state index contributed by atoms with van der Waals surface area (Å²) >= 11 is 0. The Labute approximate surface area is 113 Å². The van der Waals surface area contributed by atoms with Crippen LogP contribution in [0.4, 0.5) is 0 Å². The standard InChI is InChI=1S/C17H16O2/c1-3-6-12-11(2)9-10-15-16(12)17(18)13-7-4-5-8-14(13)19-15/h3-10,17-18H,1-2H3/b6-3-. The molecular weight excluding hydrogens is 236 g/mol. The van der Waals surface area contributed by atoms with E-state index in [1.165, 1.54) is 0 Å². The van der Waals surface area contributed by atoms with Gasteiger partial charge in [-0.1, -0.05) is 36.4 Å². The molecule has 1 atom stereocenters. The number of allylic oxidation sites excluding steroid dienone is 1. The molecule has 19 heavy (non-hydrogen) atoms. The largest absolute Gasteiger partial charge is 0.457 e. The van der Waals surface area contributed by atoms with E-state index in [-0.39, 0.29) is 0 Å². The summed E-state index contributed by atoms with van der Waals surface area (Å²) < 4.78 is 5.90. The molecule has 1 aliphatic rings. The molecule has 0 amide bonds. The van der Waals surface area contributed by atoms with Crippen LogP contribution in [0.3, 0.4) is 0 Å². The number of ether oxygens (including phenoxy) is 1. The minimum absolute atomic E-state index is 0.633. The van der Waals surface area contributed by atoms with Crippen molar-refractivity contribution in [2.45, 2.75) is 20.0 Å². The van der Waals surface area contributed by atoms with Crippen LogP contribution in [0.15, 0.2) is 42.5 Å². The maximum Gasteiger partial charge on any atom is 0.134 e. The van der Waals surface area contributed by atoms with Gasteiger partial charge in [0, 0.05) is 11.1 Å². The van der Waals surface area contributed by atoms with Crippen LogP contribution in [-0.4, -0.2) is 5.11 Å². The van der Waals surface area contributed by atoms with Gasteiger partial charge < -0.3 is 9.84 Å². The third kappa shape index (κ3) is 1.85. The van der Waals surface area contributed by atoms with Gasteiger partial charge in [-0.15, -0.1) is 0 Å². The molecule has 2 aromatic carbocycles. The van der Waals surface area contributed by atoms with Crippen LogP contribution in [0.1, 0.15) is 35.3 Å². The van der Waals surface area contributed by atoms with Crippen molar-refractivity contribution >= 4 is 6.08 Å². The topological polar surface area (TPSA) is 29.5 Å². The zero-order valence-corrected chi connectivity index (χ0v) is 11.1. The monoisotopic (exact) mass is 252 g/mol. The lowest BCUT2D eigenvalue weighted by Gasteiger charge is -2.27. The highest BCUT2D eigenvalue weighted by Crippen LogP contribution is 2.45. The van der Waals surface area contributed by atoms with Crippen molar-refractivity contribution in [1.29, 1.82) is 0 Å². The Kier molecular flexibility index (Phi) is 2.88. The second kappa shape index (κ2) is 4.56. The molecule has 0 fully saturated rings. The van der Waals surface area contributed by atoms with Crippen molar-refractivity contribution in [1.82, 2.24) is 0 Å². The number of benzene rings is 2. The number of aliphatic hydroxyl groups excluding tert-OH is 1. The highest BCUT2D eigenvalue weighted by Gasteiger charge is 2.27. The van der Waals surface area contributed by atoms with Gasteiger partial charge in [0.1, 0.15) is 17.6 Å². The van der Waals surface area contributed by atoms with E-state index in [1.807, 2.05) is 62.4 Å². The van der Waals surface area contributed by atoms with Crippen LogP contribution in [0.2, 0.25) is 0 Å². The first-order chi connectivity index (χ1) is 9.22. The van der Waals surface area contributed by atoms with E-state index >= 15 is 0 Å². The molecule has 2 aromatic rings. The summed E-state index contributed by atoms with van der Waals surface area (Å²) in [6, 6.07) is 11.6. The molecule has 0 saturated heterocycles. The third-order valence-electron chi connectivity index (χ3n) is 3.51. The zero-order valence-electron chi connectivity index (χ0n) is 11.1. The second-order valence-electron chi connectivity index (χ2n) is 4.75. The first kappa shape index (κ1) is 12.0. The van der Waals surface area contributed by atoms with Crippen molar-refractivity contribution in [3.8, 4) is 11.5 Å². The number of rotatable bonds is 1. The molecule has 0 spiro atoms. The van der Waals surface area contributed by atoms with Crippen LogP contribution < -0.4 is 4.74 Å². The van der Waals surface area contributed by atoms with Gasteiger partial charge >= 0.3 is 0 Å². The summed E-state index contributed by atoms with van der Waals surface area (Å²) in [4.78, 5) is 0. The second-order valence-corrected chi connectivity index (χ2v) is 4.75. The van der Waals surface area contributed by atoms with Crippen LogP contribution >= 0.6 is 0 Å². The van der Waals surface area contributed by atoms with E-state index in [0.717, 1.165) is 33.8 Å². The van der Waals surface area contributed by atoms with Gasteiger partial charge in [0.15, 0.2) is 0 Å². The minimum Gasteiger partial charge on any atom is -0.457 e. The molecule has 0 aromatic heterocycles. The number of fused-ring (bicyclic) bond motifs is 2. The highest BCUT2D eigenvalue weighted by molar-refractivity contribution is 5.66. The van der Waals surface area contributed by atoms with Gasteiger partial charge in [-0.25, -0.2) is 0 Å². The normalized spacial score (nSPS) is 16.9. The zero-order chi connectivity index (χ0) is 13.4. The number of aryl methyl sites for hydroxylation is 1. The van der Waals surface area contributed by atoms with Crippen LogP contribution in [0.5, 0.6) is 11.5 Å². The highest BCUT2D eigenvalue weighted by atomic mass is 16.5. The lowest BCUT2D eigenvalue weighted by Crippen LogP contribution is -2.11. The molecule has 1 N–H and O–H groups in total. The Morgan fingerprint density at radius 2 is 1.89 bits per heavy atom. The fraction of sp³-hybridized carbons (Fsp3) is 0.176. The summed E-state index contributed by atoms with van der Waals surface area (Å²) in [5, 5.41) is 10.6. The van der Waals surface area contributed by atoms with E-state index in [9.17, 15) is 5.11 Å². The fourth-order valence-corrected chi connectivity index (χ4v) is 2.56. The number of aliphatic hydroxyl groups is 1. The molecule has 1 unspecified atom stereocenters. The quantitative estimate of drug-likeness (QED) is 0.823. The Morgan fingerprint density at radius 1 is 1.11 bits per heavy atom. The minimum atomic E-state index is -0.633. The maximum absolute atomic E-state index is 10.6. The molecule has 0 aliphatic carbocycles. The Morgan fingerprint density at radius 3 is 2.68 bits per heavy atom. The van der Waals surface area contributed by atoms with Gasteiger partial charge in [0.05, 0.1) is 0 Å². The summed E-state index contributed by atoms with van der Waals surface area (Å²) in [6.07, 6.45) is 3.37. The third-order valence-corrected chi connectivity index (χ3v) is 3.51. The molecule has 1 aliphatic heterocycles. The Bertz CT molecular complexity index is 656. The van der Waals surface area contributed by atoms with E-state index in [2.05, 4.69) is 0 Å². The van der Waals surface area contributed by atoms with Gasteiger partial charge in [-0.05, 0) is 37.1 Å². The van der Waals surface area contributed by atoms with Crippen molar-refractivity contribution in [3.05, 3.63) is 64.7 Å². The van der Waals surface area contributed by atoms with Crippen LogP contribution in [0, 0.1) is 6.92 Å². The molecule has 96 valence electrons. The van der Waals surface area contributed by atoms with E-state index in [0.29, 0.717) is 0 Å². The molecule has 0 bridgehead atoms. The summed E-state index contributed by atoms with van der Waals surface area (Å²) in [5.74, 6) is 1.47. The summed E-state index contributed by atoms with van der Waals surface area (Å²) in [5.41, 5.74) is 3.86. The van der Waals surface area contributed by atoms with Crippen molar-refractivity contribution < 1.29 is 9.84 Å². The predicted octanol–water partition coefficient (Wildman–Crippen LogP) is 4.22. The lowest BCUT2D eigenvalue weighted by molar-refractivity contribution is 0.202. The summed E-state index contributed by atoms with van der Waals surface area (Å²) in [7, 11) is 0. The molecule has 3 rings (SSSR count). The van der Waals surface area contributed by atoms with Crippen molar-refractivity contribution in [3.63, 3.8) is 0 Å². The van der Waals surface area contributed by atoms with Crippen LogP contribution in [0.25, 0.3) is 6.08 Å². The van der Waals surface area contributed by atoms with E-state index < -0.39 is 6.10 Å². The van der Waals surface area contributed by atoms with Gasteiger partial charge in [-0.3, -0.25) is 0 Å². The molecule has 0 radical (unpaired) electrons. The average Bonchev–Trinajstić information content (AvgIpc) is 2.42. The summed E-state index contributed by atoms with van der Waals surface area (Å²) in [6.45, 7) is 4.02.